The predicted molar refractivity (Wildman–Crippen MR) is 118 cm³/mol. The molecule has 1 N–H and O–H groups in total. The summed E-state index contributed by atoms with van der Waals surface area (Å²) >= 11 is 0. The number of hydrogen-bond acceptors (Lipinski definition) is 6. The molecule has 1 unspecified atom stereocenters. The lowest BCUT2D eigenvalue weighted by molar-refractivity contribution is -0.140. The SMILES string of the molecule is COc1ccccc1/C(O)=C1\C(=O)C(=O)N(Cc2ccncc2)C1c1ccccc1OC. The van der Waals surface area contributed by atoms with Crippen molar-refractivity contribution in [3.8, 4) is 11.5 Å². The Hall–Kier alpha value is -4.13. The molecule has 0 saturated carbocycles. The Morgan fingerprint density at radius 3 is 2.25 bits per heavy atom. The monoisotopic (exact) mass is 430 g/mol. The Morgan fingerprint density at radius 2 is 1.56 bits per heavy atom. The minimum atomic E-state index is -0.843. The van der Waals surface area contributed by atoms with Gasteiger partial charge in [-0.15, -0.1) is 0 Å². The summed E-state index contributed by atoms with van der Waals surface area (Å²) in [5.41, 5.74) is 1.72. The maximum Gasteiger partial charge on any atom is 0.295 e. The summed E-state index contributed by atoms with van der Waals surface area (Å²) in [6, 6.07) is 16.7. The van der Waals surface area contributed by atoms with Crippen LogP contribution in [-0.2, 0) is 16.1 Å². The van der Waals surface area contributed by atoms with Crippen LogP contribution in [0.25, 0.3) is 5.76 Å². The van der Waals surface area contributed by atoms with E-state index in [1.165, 1.54) is 19.1 Å². The van der Waals surface area contributed by atoms with Crippen LogP contribution < -0.4 is 9.47 Å². The molecule has 7 nitrogen and oxygen atoms in total. The zero-order valence-corrected chi connectivity index (χ0v) is 17.7. The van der Waals surface area contributed by atoms with E-state index in [4.69, 9.17) is 9.47 Å². The highest BCUT2D eigenvalue weighted by Crippen LogP contribution is 2.44. The van der Waals surface area contributed by atoms with E-state index in [9.17, 15) is 14.7 Å². The number of pyridine rings is 1. The maximum atomic E-state index is 13.2. The van der Waals surface area contributed by atoms with Crippen molar-refractivity contribution >= 4 is 17.4 Å². The Kier molecular flexibility index (Phi) is 5.89. The molecule has 0 aliphatic carbocycles. The Morgan fingerprint density at radius 1 is 0.938 bits per heavy atom. The van der Waals surface area contributed by atoms with Gasteiger partial charge in [-0.2, -0.15) is 0 Å². The van der Waals surface area contributed by atoms with Crippen molar-refractivity contribution in [1.29, 1.82) is 0 Å². The molecule has 1 amide bonds. The summed E-state index contributed by atoms with van der Waals surface area (Å²) < 4.78 is 10.9. The fraction of sp³-hybridized carbons (Fsp3) is 0.160. The molecule has 3 aromatic rings. The van der Waals surface area contributed by atoms with Crippen LogP contribution in [0.5, 0.6) is 11.5 Å². The molecule has 0 radical (unpaired) electrons. The number of carbonyl (C=O) groups excluding carboxylic acids is 2. The molecular formula is C25H22N2O5. The van der Waals surface area contributed by atoms with Crippen LogP contribution in [0.3, 0.4) is 0 Å². The van der Waals surface area contributed by atoms with E-state index in [0.29, 0.717) is 22.6 Å². The number of amides is 1. The van der Waals surface area contributed by atoms with Gasteiger partial charge < -0.3 is 19.5 Å². The summed E-state index contributed by atoms with van der Waals surface area (Å²) in [6.45, 7) is 0.165. The van der Waals surface area contributed by atoms with Gasteiger partial charge in [0, 0.05) is 24.5 Å². The third kappa shape index (κ3) is 3.69. The maximum absolute atomic E-state index is 13.2. The van der Waals surface area contributed by atoms with E-state index in [1.54, 1.807) is 73.1 Å². The second-order valence-electron chi connectivity index (χ2n) is 7.22. The predicted octanol–water partition coefficient (Wildman–Crippen LogP) is 3.72. The number of aliphatic hydroxyl groups excluding tert-OH is 1. The molecule has 1 atom stereocenters. The number of para-hydroxylation sites is 2. The zero-order valence-electron chi connectivity index (χ0n) is 17.7. The molecule has 4 rings (SSSR count). The smallest absolute Gasteiger partial charge is 0.295 e. The molecule has 1 aromatic heterocycles. The Balaban J connectivity index is 1.93. The van der Waals surface area contributed by atoms with E-state index in [2.05, 4.69) is 4.98 Å². The third-order valence-corrected chi connectivity index (χ3v) is 5.44. The number of methoxy groups -OCH3 is 2. The fourth-order valence-corrected chi connectivity index (χ4v) is 3.93. The highest BCUT2D eigenvalue weighted by Gasteiger charge is 2.47. The minimum absolute atomic E-state index is 0.0157. The highest BCUT2D eigenvalue weighted by molar-refractivity contribution is 6.46. The Labute approximate surface area is 185 Å². The van der Waals surface area contributed by atoms with Crippen molar-refractivity contribution in [2.45, 2.75) is 12.6 Å². The average Bonchev–Trinajstić information content (AvgIpc) is 3.09. The van der Waals surface area contributed by atoms with Crippen molar-refractivity contribution in [1.82, 2.24) is 9.88 Å². The number of hydrogen-bond donors (Lipinski definition) is 1. The van der Waals surface area contributed by atoms with Crippen LogP contribution >= 0.6 is 0 Å². The van der Waals surface area contributed by atoms with E-state index < -0.39 is 17.7 Å². The number of Topliss-reactive ketones (excluding diaryl/α,β-unsaturated/α-hetero) is 1. The molecule has 1 fully saturated rings. The normalized spacial score (nSPS) is 17.4. The van der Waals surface area contributed by atoms with Crippen LogP contribution in [0.15, 0.2) is 78.6 Å². The van der Waals surface area contributed by atoms with Crippen molar-refractivity contribution in [2.75, 3.05) is 14.2 Å². The summed E-state index contributed by atoms with van der Waals surface area (Å²) in [7, 11) is 3.00. The van der Waals surface area contributed by atoms with E-state index in [0.717, 1.165) is 5.56 Å². The first kappa shape index (κ1) is 21.1. The molecular weight excluding hydrogens is 408 g/mol. The van der Waals surface area contributed by atoms with E-state index in [-0.39, 0.29) is 17.9 Å². The van der Waals surface area contributed by atoms with Crippen molar-refractivity contribution < 1.29 is 24.2 Å². The molecule has 1 aliphatic rings. The number of rotatable bonds is 6. The van der Waals surface area contributed by atoms with Crippen LogP contribution in [0.1, 0.15) is 22.7 Å². The molecule has 2 heterocycles. The van der Waals surface area contributed by atoms with Crippen molar-refractivity contribution in [3.63, 3.8) is 0 Å². The fourth-order valence-electron chi connectivity index (χ4n) is 3.93. The van der Waals surface area contributed by atoms with Crippen LogP contribution in [0, 0.1) is 0 Å². The quantitative estimate of drug-likeness (QED) is 0.364. The second kappa shape index (κ2) is 8.93. The van der Waals surface area contributed by atoms with Gasteiger partial charge in [-0.1, -0.05) is 30.3 Å². The van der Waals surface area contributed by atoms with Crippen molar-refractivity contribution in [3.05, 3.63) is 95.3 Å². The number of aliphatic hydroxyl groups is 1. The first-order chi connectivity index (χ1) is 15.6. The molecule has 1 saturated heterocycles. The number of ketones is 1. The van der Waals surface area contributed by atoms with Gasteiger partial charge in [-0.25, -0.2) is 0 Å². The van der Waals surface area contributed by atoms with Gasteiger partial charge in [-0.05, 0) is 35.9 Å². The van der Waals surface area contributed by atoms with E-state index in [1.807, 2.05) is 0 Å². The third-order valence-electron chi connectivity index (χ3n) is 5.44. The summed E-state index contributed by atoms with van der Waals surface area (Å²) in [6.07, 6.45) is 3.25. The summed E-state index contributed by atoms with van der Waals surface area (Å²) in [5, 5.41) is 11.2. The number of aromatic nitrogens is 1. The number of likely N-dealkylation sites (tertiary alicyclic amines) is 1. The largest absolute Gasteiger partial charge is 0.507 e. The second-order valence-corrected chi connectivity index (χ2v) is 7.22. The molecule has 1 aliphatic heterocycles. The molecule has 0 spiro atoms. The molecule has 7 heteroatoms. The molecule has 0 bridgehead atoms. The summed E-state index contributed by atoms with van der Waals surface area (Å²) in [4.78, 5) is 31.8. The molecule has 2 aromatic carbocycles. The Bertz CT molecular complexity index is 1190. The van der Waals surface area contributed by atoms with Gasteiger partial charge >= 0.3 is 0 Å². The zero-order chi connectivity index (χ0) is 22.7. The van der Waals surface area contributed by atoms with Gasteiger partial charge in [0.2, 0.25) is 0 Å². The van der Waals surface area contributed by atoms with Gasteiger partial charge in [0.25, 0.3) is 11.7 Å². The molecule has 162 valence electrons. The number of ether oxygens (including phenoxy) is 2. The standard InChI is InChI=1S/C25H22N2O5/c1-31-19-9-5-3-7-17(19)22-21(23(28)18-8-4-6-10-20(18)32-2)24(29)25(30)27(22)15-16-11-13-26-14-12-16/h3-14,22,28H,15H2,1-2H3/b23-21+. The highest BCUT2D eigenvalue weighted by atomic mass is 16.5. The van der Waals surface area contributed by atoms with E-state index >= 15 is 0 Å². The van der Waals surface area contributed by atoms with Crippen LogP contribution in [-0.4, -0.2) is 40.9 Å². The van der Waals surface area contributed by atoms with Gasteiger partial charge in [0.15, 0.2) is 0 Å². The van der Waals surface area contributed by atoms with Crippen LogP contribution in [0.2, 0.25) is 0 Å². The van der Waals surface area contributed by atoms with Gasteiger partial charge in [-0.3, -0.25) is 14.6 Å². The van der Waals surface area contributed by atoms with Crippen molar-refractivity contribution in [2.24, 2.45) is 0 Å². The van der Waals surface area contributed by atoms with Gasteiger partial charge in [0.1, 0.15) is 17.3 Å². The number of carbonyl (C=O) groups is 2. The average molecular weight is 430 g/mol. The number of benzene rings is 2. The first-order valence-electron chi connectivity index (χ1n) is 10.0. The van der Waals surface area contributed by atoms with Gasteiger partial charge in [0.05, 0.1) is 31.4 Å². The first-order valence-corrected chi connectivity index (χ1v) is 10.0. The topological polar surface area (TPSA) is 89.0 Å². The lowest BCUT2D eigenvalue weighted by atomic mass is 9.94. The van der Waals surface area contributed by atoms with Crippen LogP contribution in [0.4, 0.5) is 0 Å². The minimum Gasteiger partial charge on any atom is -0.507 e. The number of nitrogens with zero attached hydrogens (tertiary/aromatic N) is 2. The summed E-state index contributed by atoms with van der Waals surface area (Å²) in [5.74, 6) is -0.865. The lowest BCUT2D eigenvalue weighted by Gasteiger charge is -2.26. The molecule has 32 heavy (non-hydrogen) atoms. The lowest BCUT2D eigenvalue weighted by Crippen LogP contribution is -2.29.